The van der Waals surface area contributed by atoms with E-state index in [1.165, 1.54) is 42.5 Å². The van der Waals surface area contributed by atoms with E-state index in [-0.39, 0.29) is 33.9 Å². The molecular weight excluding hydrogens is 456 g/mol. The molecule has 1 heterocycles. The lowest BCUT2D eigenvalue weighted by atomic mass is 9.98. The van der Waals surface area contributed by atoms with Crippen LogP contribution in [0.3, 0.4) is 0 Å². The quantitative estimate of drug-likeness (QED) is 0.507. The molecule has 0 saturated carbocycles. The van der Waals surface area contributed by atoms with Crippen LogP contribution in [-0.2, 0) is 14.8 Å². The molecule has 1 aromatic heterocycles. The van der Waals surface area contributed by atoms with Crippen LogP contribution < -0.4 is 9.56 Å². The molecule has 3 rings (SSSR count). The number of carbonyl (C=O) groups excluding carboxylic acids is 2. The lowest BCUT2D eigenvalue weighted by Crippen LogP contribution is -2.31. The number of carbonyl (C=O) groups is 2. The Morgan fingerprint density at radius 1 is 1.12 bits per heavy atom. The fraction of sp³-hybridized carbons (Fsp3) is 0.273. The number of rotatable bonds is 6. The zero-order valence-corrected chi connectivity index (χ0v) is 19.5. The minimum absolute atomic E-state index is 0.00115. The largest absolute Gasteiger partial charge is 0.492 e. The summed E-state index contributed by atoms with van der Waals surface area (Å²) in [4.78, 5) is 30.2. The minimum atomic E-state index is -3.94. The highest BCUT2D eigenvalue weighted by Gasteiger charge is 2.29. The predicted octanol–water partition coefficient (Wildman–Crippen LogP) is 4.40. The van der Waals surface area contributed by atoms with E-state index in [9.17, 15) is 23.1 Å². The van der Waals surface area contributed by atoms with Crippen LogP contribution in [0.15, 0.2) is 47.4 Å². The van der Waals surface area contributed by atoms with Crippen LogP contribution in [-0.4, -0.2) is 30.0 Å². The number of Topliss-reactive ketones (excluding diaryl/α,β-unsaturated/α-hetero) is 1. The molecule has 0 saturated heterocycles. The van der Waals surface area contributed by atoms with Crippen molar-refractivity contribution in [1.29, 1.82) is 0 Å². The van der Waals surface area contributed by atoms with Gasteiger partial charge in [-0.3, -0.25) is 9.52 Å². The summed E-state index contributed by atoms with van der Waals surface area (Å²) in [5, 5.41) is 11.4. The monoisotopic (exact) mass is 478 g/mol. The average molecular weight is 479 g/mol. The Kier molecular flexibility index (Phi) is 6.26. The van der Waals surface area contributed by atoms with Crippen molar-refractivity contribution in [2.75, 3.05) is 4.72 Å². The lowest BCUT2D eigenvalue weighted by molar-refractivity contribution is -0.153. The molecule has 32 heavy (non-hydrogen) atoms. The molecule has 0 atom stereocenters. The van der Waals surface area contributed by atoms with Gasteiger partial charge >= 0.3 is 5.97 Å². The molecule has 0 bridgehead atoms. The summed E-state index contributed by atoms with van der Waals surface area (Å²) in [7, 11) is -3.94. The van der Waals surface area contributed by atoms with Gasteiger partial charge in [0.1, 0.15) is 0 Å². The van der Waals surface area contributed by atoms with E-state index in [0.717, 1.165) is 4.73 Å². The van der Waals surface area contributed by atoms with Gasteiger partial charge in [0.15, 0.2) is 5.78 Å². The van der Waals surface area contributed by atoms with Crippen molar-refractivity contribution in [3.63, 3.8) is 0 Å². The topological polar surface area (TPSA) is 115 Å². The van der Waals surface area contributed by atoms with Crippen LogP contribution in [0.25, 0.3) is 10.9 Å². The predicted molar refractivity (Wildman–Crippen MR) is 122 cm³/mol. The SMILES string of the molecule is CCC(=O)c1c(O)n(OC(=O)C(C)(C)C)c2cc(NS(=O)(=O)c3ccc(Cl)cc3)ccc12. The Balaban J connectivity index is 2.11. The van der Waals surface area contributed by atoms with Crippen molar-refractivity contribution in [3.05, 3.63) is 53.1 Å². The summed E-state index contributed by atoms with van der Waals surface area (Å²) in [5.74, 6) is -1.53. The van der Waals surface area contributed by atoms with E-state index in [4.69, 9.17) is 16.4 Å². The van der Waals surface area contributed by atoms with Gasteiger partial charge in [0.25, 0.3) is 10.0 Å². The van der Waals surface area contributed by atoms with Crippen LogP contribution in [0.4, 0.5) is 5.69 Å². The second-order valence-corrected chi connectivity index (χ2v) is 10.3. The van der Waals surface area contributed by atoms with Gasteiger partial charge in [0, 0.05) is 16.8 Å². The van der Waals surface area contributed by atoms with Gasteiger partial charge in [0.2, 0.25) is 5.88 Å². The number of ketones is 1. The van der Waals surface area contributed by atoms with Crippen LogP contribution in [0, 0.1) is 5.41 Å². The number of fused-ring (bicyclic) bond motifs is 1. The minimum Gasteiger partial charge on any atom is -0.492 e. The number of nitrogens with one attached hydrogen (secondary N) is 1. The molecule has 0 amide bonds. The van der Waals surface area contributed by atoms with E-state index in [1.807, 2.05) is 0 Å². The van der Waals surface area contributed by atoms with Gasteiger partial charge < -0.3 is 9.94 Å². The zero-order chi connectivity index (χ0) is 23.8. The van der Waals surface area contributed by atoms with Gasteiger partial charge in [0.05, 0.1) is 27.1 Å². The van der Waals surface area contributed by atoms with Crippen molar-refractivity contribution < 1.29 is 28.0 Å². The highest BCUT2D eigenvalue weighted by atomic mass is 35.5. The average Bonchev–Trinajstić information content (AvgIpc) is 2.98. The summed E-state index contributed by atoms with van der Waals surface area (Å²) in [6.07, 6.45) is 0.116. The summed E-state index contributed by atoms with van der Waals surface area (Å²) < 4.78 is 28.7. The number of benzene rings is 2. The van der Waals surface area contributed by atoms with Gasteiger partial charge in [-0.2, -0.15) is 0 Å². The molecule has 0 spiro atoms. The molecule has 8 nitrogen and oxygen atoms in total. The van der Waals surface area contributed by atoms with Crippen molar-refractivity contribution in [3.8, 4) is 5.88 Å². The molecule has 10 heteroatoms. The van der Waals surface area contributed by atoms with Gasteiger partial charge in [-0.1, -0.05) is 18.5 Å². The Morgan fingerprint density at radius 3 is 2.31 bits per heavy atom. The summed E-state index contributed by atoms with van der Waals surface area (Å²) in [6.45, 7) is 6.56. The molecule has 0 aliphatic heterocycles. The molecule has 2 aromatic carbocycles. The van der Waals surface area contributed by atoms with E-state index in [0.29, 0.717) is 10.4 Å². The molecule has 2 N–H and O–H groups in total. The Hall–Kier alpha value is -3.04. The van der Waals surface area contributed by atoms with Gasteiger partial charge in [-0.25, -0.2) is 13.2 Å². The third-order valence-corrected chi connectivity index (χ3v) is 6.31. The highest BCUT2D eigenvalue weighted by Crippen LogP contribution is 2.34. The first-order chi connectivity index (χ1) is 14.8. The summed E-state index contributed by atoms with van der Waals surface area (Å²) in [6, 6.07) is 9.96. The van der Waals surface area contributed by atoms with Gasteiger partial charge in [-0.05, 0) is 63.2 Å². The van der Waals surface area contributed by atoms with Crippen LogP contribution in [0.1, 0.15) is 44.5 Å². The van der Waals surface area contributed by atoms with Crippen molar-refractivity contribution in [1.82, 2.24) is 4.73 Å². The second-order valence-electron chi connectivity index (χ2n) is 8.19. The van der Waals surface area contributed by atoms with Crippen molar-refractivity contribution in [2.24, 2.45) is 5.41 Å². The van der Waals surface area contributed by atoms with Gasteiger partial charge in [-0.15, -0.1) is 4.73 Å². The first-order valence-electron chi connectivity index (χ1n) is 9.77. The lowest BCUT2D eigenvalue weighted by Gasteiger charge is -2.17. The number of anilines is 1. The maximum atomic E-state index is 12.7. The number of sulfonamides is 1. The number of aromatic hydroxyl groups is 1. The third kappa shape index (κ3) is 4.58. The number of hydrogen-bond donors (Lipinski definition) is 2. The maximum absolute atomic E-state index is 12.7. The number of halogens is 1. The van der Waals surface area contributed by atoms with Crippen LogP contribution in [0.5, 0.6) is 5.88 Å². The number of aromatic nitrogens is 1. The Bertz CT molecular complexity index is 1300. The fourth-order valence-electron chi connectivity index (χ4n) is 2.90. The molecular formula is C22H23ClN2O6S. The molecule has 0 fully saturated rings. The zero-order valence-electron chi connectivity index (χ0n) is 18.0. The van der Waals surface area contributed by atoms with Crippen molar-refractivity contribution in [2.45, 2.75) is 39.0 Å². The molecule has 3 aromatic rings. The van der Waals surface area contributed by atoms with E-state index in [2.05, 4.69) is 4.72 Å². The molecule has 0 aliphatic rings. The smallest absolute Gasteiger partial charge is 0.338 e. The summed E-state index contributed by atoms with van der Waals surface area (Å²) >= 11 is 5.82. The van der Waals surface area contributed by atoms with Crippen LogP contribution in [0.2, 0.25) is 5.02 Å². The van der Waals surface area contributed by atoms with Crippen LogP contribution >= 0.6 is 11.6 Å². The number of hydrogen-bond acceptors (Lipinski definition) is 6. The van der Waals surface area contributed by atoms with E-state index in [1.54, 1.807) is 27.7 Å². The van der Waals surface area contributed by atoms with E-state index >= 15 is 0 Å². The molecule has 0 unspecified atom stereocenters. The normalized spacial score (nSPS) is 12.0. The van der Waals surface area contributed by atoms with Crippen molar-refractivity contribution >= 4 is 50.0 Å². The first kappa shape index (κ1) is 23.6. The highest BCUT2D eigenvalue weighted by molar-refractivity contribution is 7.92. The standard InChI is InChI=1S/C22H23ClN2O6S/c1-5-18(26)19-16-11-8-14(24-32(29,30)15-9-6-13(23)7-10-15)12-17(16)25(20(19)27)31-21(28)22(2,3)4/h6-12,24,27H,5H2,1-4H3. The fourth-order valence-corrected chi connectivity index (χ4v) is 4.08. The first-order valence-corrected chi connectivity index (χ1v) is 11.6. The molecule has 170 valence electrons. The van der Waals surface area contributed by atoms with E-state index < -0.39 is 27.3 Å². The maximum Gasteiger partial charge on any atom is 0.338 e. The molecule has 0 aliphatic carbocycles. The second kappa shape index (κ2) is 8.48. The summed E-state index contributed by atoms with van der Waals surface area (Å²) in [5.41, 5.74) is -0.579. The Morgan fingerprint density at radius 2 is 1.75 bits per heavy atom. The third-order valence-electron chi connectivity index (χ3n) is 4.66. The number of nitrogens with zero attached hydrogens (tertiary/aromatic N) is 1. The Labute approximate surface area is 190 Å². The molecule has 0 radical (unpaired) electrons.